The van der Waals surface area contributed by atoms with E-state index < -0.39 is 18.0 Å². The molecule has 1 aliphatic heterocycles. The summed E-state index contributed by atoms with van der Waals surface area (Å²) in [5.41, 5.74) is 0.826. The van der Waals surface area contributed by atoms with Crippen molar-refractivity contribution in [2.45, 2.75) is 13.0 Å². The summed E-state index contributed by atoms with van der Waals surface area (Å²) in [6, 6.07) is 7.47. The van der Waals surface area contributed by atoms with Crippen LogP contribution in [0.3, 0.4) is 0 Å². The zero-order valence-electron chi connectivity index (χ0n) is 16.7. The van der Waals surface area contributed by atoms with Gasteiger partial charge in [-0.2, -0.15) is 0 Å². The highest BCUT2D eigenvalue weighted by molar-refractivity contribution is 6.32. The van der Waals surface area contributed by atoms with Crippen molar-refractivity contribution in [3.63, 3.8) is 0 Å². The lowest BCUT2D eigenvalue weighted by atomic mass is 10.2. The largest absolute Gasteiger partial charge is 0.442 e. The van der Waals surface area contributed by atoms with Crippen LogP contribution >= 0.6 is 11.6 Å². The molecule has 9 nitrogen and oxygen atoms in total. The molecule has 3 amide bonds. The second-order valence-corrected chi connectivity index (χ2v) is 7.10. The van der Waals surface area contributed by atoms with E-state index >= 15 is 0 Å². The monoisotopic (exact) mass is 449 g/mol. The van der Waals surface area contributed by atoms with Gasteiger partial charge in [0.1, 0.15) is 17.1 Å². The number of hydrogen-bond acceptors (Lipinski definition) is 6. The van der Waals surface area contributed by atoms with Crippen LogP contribution in [0.2, 0.25) is 5.15 Å². The Morgan fingerprint density at radius 2 is 2.10 bits per heavy atom. The Balaban J connectivity index is 1.50. The van der Waals surface area contributed by atoms with Gasteiger partial charge in [-0.25, -0.2) is 14.2 Å². The summed E-state index contributed by atoms with van der Waals surface area (Å²) in [6.45, 7) is 2.26. The van der Waals surface area contributed by atoms with Gasteiger partial charge in [0.2, 0.25) is 5.91 Å². The number of hydrogen-bond donors (Lipinski definition) is 3. The highest BCUT2D eigenvalue weighted by atomic mass is 35.5. The fourth-order valence-electron chi connectivity index (χ4n) is 2.94. The van der Waals surface area contributed by atoms with Crippen molar-refractivity contribution in [2.75, 3.05) is 36.4 Å². The average molecular weight is 450 g/mol. The number of rotatable bonds is 8. The summed E-state index contributed by atoms with van der Waals surface area (Å²) in [6.07, 6.45) is 0.374. The molecule has 1 atom stereocenters. The molecule has 0 radical (unpaired) electrons. The molecule has 0 saturated carbocycles. The van der Waals surface area contributed by atoms with Crippen LogP contribution in [0.1, 0.15) is 17.3 Å². The molecule has 164 valence electrons. The maximum absolute atomic E-state index is 14.5. The molecule has 1 saturated heterocycles. The van der Waals surface area contributed by atoms with E-state index in [-0.39, 0.29) is 54.4 Å². The van der Waals surface area contributed by atoms with E-state index in [4.69, 9.17) is 16.3 Å². The minimum absolute atomic E-state index is 0.106. The van der Waals surface area contributed by atoms with E-state index in [0.717, 1.165) is 0 Å². The highest BCUT2D eigenvalue weighted by Gasteiger charge is 2.32. The summed E-state index contributed by atoms with van der Waals surface area (Å²) >= 11 is 5.88. The number of benzene rings is 1. The first-order valence-corrected chi connectivity index (χ1v) is 9.87. The van der Waals surface area contributed by atoms with Crippen LogP contribution in [-0.2, 0) is 9.53 Å². The zero-order valence-corrected chi connectivity index (χ0v) is 17.4. The fraction of sp³-hybridized carbons (Fsp3) is 0.300. The number of anilines is 2. The van der Waals surface area contributed by atoms with Crippen LogP contribution in [-0.4, -0.2) is 55.2 Å². The maximum atomic E-state index is 14.5. The van der Waals surface area contributed by atoms with Gasteiger partial charge < -0.3 is 20.7 Å². The topological polar surface area (TPSA) is 113 Å². The second-order valence-electron chi connectivity index (χ2n) is 6.74. The molecular formula is C20H21ClFN5O4. The highest BCUT2D eigenvalue weighted by Crippen LogP contribution is 2.25. The Morgan fingerprint density at radius 3 is 2.81 bits per heavy atom. The fourth-order valence-corrected chi connectivity index (χ4v) is 3.14. The number of amides is 3. The van der Waals surface area contributed by atoms with E-state index in [0.29, 0.717) is 5.69 Å². The van der Waals surface area contributed by atoms with Gasteiger partial charge in [-0.15, -0.1) is 0 Å². The number of ether oxygens (including phenoxy) is 1. The van der Waals surface area contributed by atoms with Crippen molar-refractivity contribution >= 4 is 40.9 Å². The normalized spacial score (nSPS) is 15.4. The minimum Gasteiger partial charge on any atom is -0.442 e. The lowest BCUT2D eigenvalue weighted by Crippen LogP contribution is -2.33. The third-order valence-corrected chi connectivity index (χ3v) is 4.75. The predicted octanol–water partition coefficient (Wildman–Crippen LogP) is 2.18. The van der Waals surface area contributed by atoms with Crippen molar-refractivity contribution in [1.29, 1.82) is 0 Å². The average Bonchev–Trinajstić information content (AvgIpc) is 3.11. The van der Waals surface area contributed by atoms with Crippen molar-refractivity contribution < 1.29 is 23.5 Å². The van der Waals surface area contributed by atoms with Crippen LogP contribution in [0.5, 0.6) is 0 Å². The van der Waals surface area contributed by atoms with E-state index in [2.05, 4.69) is 20.9 Å². The molecule has 0 unspecified atom stereocenters. The second kappa shape index (κ2) is 10.1. The van der Waals surface area contributed by atoms with Gasteiger partial charge in [0, 0.05) is 26.2 Å². The smallest absolute Gasteiger partial charge is 0.414 e. The quantitative estimate of drug-likeness (QED) is 0.420. The Kier molecular flexibility index (Phi) is 7.24. The maximum Gasteiger partial charge on any atom is 0.414 e. The third kappa shape index (κ3) is 5.82. The van der Waals surface area contributed by atoms with Crippen LogP contribution < -0.4 is 20.9 Å². The molecule has 3 rings (SSSR count). The van der Waals surface area contributed by atoms with Gasteiger partial charge in [-0.3, -0.25) is 14.5 Å². The molecule has 1 aliphatic rings. The predicted molar refractivity (Wildman–Crippen MR) is 113 cm³/mol. The first-order valence-electron chi connectivity index (χ1n) is 9.50. The molecule has 2 heterocycles. The Morgan fingerprint density at radius 1 is 1.29 bits per heavy atom. The van der Waals surface area contributed by atoms with Crippen LogP contribution in [0, 0.1) is 5.82 Å². The Labute approximate surface area is 182 Å². The van der Waals surface area contributed by atoms with Crippen molar-refractivity contribution in [1.82, 2.24) is 15.6 Å². The lowest BCUT2D eigenvalue weighted by molar-refractivity contribution is -0.119. The molecule has 0 bridgehead atoms. The first kappa shape index (κ1) is 22.3. The van der Waals surface area contributed by atoms with E-state index in [1.165, 1.54) is 30.2 Å². The Bertz CT molecular complexity index is 990. The number of pyridine rings is 1. The molecule has 11 heteroatoms. The van der Waals surface area contributed by atoms with Crippen molar-refractivity contribution in [3.05, 3.63) is 53.1 Å². The summed E-state index contributed by atoms with van der Waals surface area (Å²) in [5.74, 6) is -1.16. The van der Waals surface area contributed by atoms with Crippen LogP contribution in [0.4, 0.5) is 20.6 Å². The number of halogens is 2. The first-order chi connectivity index (χ1) is 14.8. The molecule has 1 fully saturated rings. The van der Waals surface area contributed by atoms with Gasteiger partial charge in [0.25, 0.3) is 5.91 Å². The molecule has 1 aromatic carbocycles. The number of cyclic esters (lactones) is 1. The summed E-state index contributed by atoms with van der Waals surface area (Å²) in [4.78, 5) is 40.2. The lowest BCUT2D eigenvalue weighted by Gasteiger charge is -2.15. The van der Waals surface area contributed by atoms with Gasteiger partial charge >= 0.3 is 6.09 Å². The van der Waals surface area contributed by atoms with Gasteiger partial charge in [-0.1, -0.05) is 11.6 Å². The third-order valence-electron chi connectivity index (χ3n) is 4.45. The summed E-state index contributed by atoms with van der Waals surface area (Å²) < 4.78 is 19.6. The Hall–Kier alpha value is -3.40. The molecule has 1 aromatic heterocycles. The van der Waals surface area contributed by atoms with E-state index in [9.17, 15) is 18.8 Å². The van der Waals surface area contributed by atoms with E-state index in [1.54, 1.807) is 18.2 Å². The van der Waals surface area contributed by atoms with Crippen molar-refractivity contribution in [2.24, 2.45) is 0 Å². The summed E-state index contributed by atoms with van der Waals surface area (Å²) in [5, 5.41) is 8.24. The van der Waals surface area contributed by atoms with Gasteiger partial charge in [-0.05, 0) is 30.3 Å². The minimum atomic E-state index is -0.604. The molecule has 31 heavy (non-hydrogen) atoms. The molecule has 0 aliphatic carbocycles. The van der Waals surface area contributed by atoms with Crippen LogP contribution in [0.25, 0.3) is 0 Å². The zero-order chi connectivity index (χ0) is 22.4. The molecular weight excluding hydrogens is 429 g/mol. The molecule has 3 N–H and O–H groups in total. The van der Waals surface area contributed by atoms with Gasteiger partial charge in [0.05, 0.1) is 30.0 Å². The number of carbonyl (C=O) groups is 3. The van der Waals surface area contributed by atoms with Crippen molar-refractivity contribution in [3.8, 4) is 0 Å². The van der Waals surface area contributed by atoms with Gasteiger partial charge in [0.15, 0.2) is 0 Å². The number of nitrogens with zero attached hydrogens (tertiary/aromatic N) is 2. The van der Waals surface area contributed by atoms with E-state index in [1.807, 2.05) is 0 Å². The number of aromatic nitrogens is 1. The summed E-state index contributed by atoms with van der Waals surface area (Å²) in [7, 11) is 0. The number of carbonyl (C=O) groups excluding carboxylic acids is 3. The standard InChI is InChI=1S/C20H21ClFN5O4/c1-12(28)26-10-14-11-27(20(30)31-14)13-4-5-17(16(22)9-13)23-7-8-25-19(29)15-3-2-6-24-18(15)21/h2-6,9,14,23H,7-8,10-11H2,1H3,(H,25,29)(H,26,28)/t14-/m0/s1. The molecule has 0 spiro atoms. The van der Waals surface area contributed by atoms with Crippen LogP contribution in [0.15, 0.2) is 36.5 Å². The molecule has 2 aromatic rings. The SMILES string of the molecule is CC(=O)NC[C@H]1CN(c2ccc(NCCNC(=O)c3cccnc3Cl)c(F)c2)C(=O)O1. The number of nitrogens with one attached hydrogen (secondary N) is 3.